The molecule has 0 fully saturated rings. The van der Waals surface area contributed by atoms with Crippen molar-refractivity contribution in [3.05, 3.63) is 0 Å². The molecule has 0 saturated carbocycles. The molecule has 0 atom stereocenters. The molecule has 4 heteroatoms. The highest BCUT2D eigenvalue weighted by molar-refractivity contribution is 5.78. The van der Waals surface area contributed by atoms with Crippen LogP contribution in [0.4, 0.5) is 0 Å². The van der Waals surface area contributed by atoms with E-state index in [2.05, 4.69) is 5.32 Å². The van der Waals surface area contributed by atoms with Crippen molar-refractivity contribution in [1.82, 2.24) is 10.2 Å². The van der Waals surface area contributed by atoms with E-state index in [0.717, 1.165) is 0 Å². The van der Waals surface area contributed by atoms with E-state index in [9.17, 15) is 4.79 Å². The maximum atomic E-state index is 11.1. The number of carbonyl (C=O) groups is 1. The second-order valence-electron chi connectivity index (χ2n) is 3.75. The van der Waals surface area contributed by atoms with Gasteiger partial charge in [-0.05, 0) is 20.8 Å². The van der Waals surface area contributed by atoms with Crippen molar-refractivity contribution in [2.45, 2.75) is 26.3 Å². The van der Waals surface area contributed by atoms with Crippen molar-refractivity contribution >= 4 is 5.91 Å². The van der Waals surface area contributed by atoms with Crippen LogP contribution in [0.5, 0.6) is 0 Å². The maximum absolute atomic E-state index is 11.1. The minimum atomic E-state index is -0.229. The third-order valence-corrected chi connectivity index (χ3v) is 1.07. The van der Waals surface area contributed by atoms with Crippen molar-refractivity contribution < 1.29 is 4.79 Å². The van der Waals surface area contributed by atoms with Gasteiger partial charge in [-0.2, -0.15) is 5.26 Å². The summed E-state index contributed by atoms with van der Waals surface area (Å²) < 4.78 is 0. The fraction of sp³-hybridized carbons (Fsp3) is 0.750. The van der Waals surface area contributed by atoms with Gasteiger partial charge in [0.1, 0.15) is 6.54 Å². The Morgan fingerprint density at radius 3 is 2.42 bits per heavy atom. The molecule has 0 bridgehead atoms. The van der Waals surface area contributed by atoms with E-state index in [-0.39, 0.29) is 18.0 Å². The second kappa shape index (κ2) is 3.96. The van der Waals surface area contributed by atoms with Crippen molar-refractivity contribution in [3.63, 3.8) is 0 Å². The standard InChI is InChI=1S/C8H15N3O/c1-8(2,3)10-7(12)5-11(4)6-9/h5H2,1-4H3,(H,10,12). The zero-order valence-corrected chi connectivity index (χ0v) is 8.01. The van der Waals surface area contributed by atoms with Gasteiger partial charge in [0.05, 0.1) is 0 Å². The molecule has 0 spiro atoms. The average molecular weight is 169 g/mol. The molecular formula is C8H15N3O. The third kappa shape index (κ3) is 5.54. The molecule has 1 amide bonds. The molecule has 0 rings (SSSR count). The maximum Gasteiger partial charge on any atom is 0.240 e. The van der Waals surface area contributed by atoms with E-state index in [0.29, 0.717) is 0 Å². The Kier molecular flexibility index (Phi) is 3.55. The molecule has 4 nitrogen and oxygen atoms in total. The number of carbonyl (C=O) groups excluding carboxylic acids is 1. The first-order valence-corrected chi connectivity index (χ1v) is 3.77. The molecule has 0 radical (unpaired) electrons. The summed E-state index contributed by atoms with van der Waals surface area (Å²) in [5.74, 6) is -0.133. The Morgan fingerprint density at radius 1 is 1.58 bits per heavy atom. The number of hydrogen-bond donors (Lipinski definition) is 1. The summed E-state index contributed by atoms with van der Waals surface area (Å²) in [5, 5.41) is 11.1. The lowest BCUT2D eigenvalue weighted by Crippen LogP contribution is -2.44. The summed E-state index contributed by atoms with van der Waals surface area (Å²) in [5.41, 5.74) is -0.229. The first-order chi connectivity index (χ1) is 5.35. The number of nitrogens with zero attached hydrogens (tertiary/aromatic N) is 2. The highest BCUT2D eigenvalue weighted by Crippen LogP contribution is 1.97. The normalized spacial score (nSPS) is 10.2. The van der Waals surface area contributed by atoms with E-state index < -0.39 is 0 Å². The monoisotopic (exact) mass is 169 g/mol. The van der Waals surface area contributed by atoms with Gasteiger partial charge in [-0.1, -0.05) is 0 Å². The smallest absolute Gasteiger partial charge is 0.240 e. The van der Waals surface area contributed by atoms with E-state index in [1.165, 1.54) is 4.90 Å². The van der Waals surface area contributed by atoms with Crippen LogP contribution >= 0.6 is 0 Å². The van der Waals surface area contributed by atoms with E-state index in [1.54, 1.807) is 7.05 Å². The first kappa shape index (κ1) is 10.8. The van der Waals surface area contributed by atoms with E-state index >= 15 is 0 Å². The SMILES string of the molecule is CN(C#N)CC(=O)NC(C)(C)C. The Hall–Kier alpha value is -1.24. The molecule has 0 aromatic heterocycles. The minimum absolute atomic E-state index is 0.119. The first-order valence-electron chi connectivity index (χ1n) is 3.77. The zero-order chi connectivity index (χ0) is 9.78. The van der Waals surface area contributed by atoms with Crippen LogP contribution in [-0.4, -0.2) is 29.9 Å². The lowest BCUT2D eigenvalue weighted by Gasteiger charge is -2.21. The molecule has 0 aromatic rings. The fourth-order valence-electron chi connectivity index (χ4n) is 0.709. The molecule has 1 N–H and O–H groups in total. The predicted octanol–water partition coefficient (Wildman–Crippen LogP) is 0.314. The van der Waals surface area contributed by atoms with Crippen molar-refractivity contribution in [3.8, 4) is 6.19 Å². The predicted molar refractivity (Wildman–Crippen MR) is 46.1 cm³/mol. The second-order valence-corrected chi connectivity index (χ2v) is 3.75. The molecule has 0 aliphatic carbocycles. The summed E-state index contributed by atoms with van der Waals surface area (Å²) in [7, 11) is 1.57. The summed E-state index contributed by atoms with van der Waals surface area (Å²) >= 11 is 0. The summed E-state index contributed by atoms with van der Waals surface area (Å²) in [4.78, 5) is 12.4. The van der Waals surface area contributed by atoms with Crippen LogP contribution in [0.3, 0.4) is 0 Å². The Balaban J connectivity index is 3.85. The van der Waals surface area contributed by atoms with Gasteiger partial charge in [-0.3, -0.25) is 4.79 Å². The van der Waals surface area contributed by atoms with Gasteiger partial charge >= 0.3 is 0 Å². The average Bonchev–Trinajstić information content (AvgIpc) is 1.82. The van der Waals surface area contributed by atoms with Crippen LogP contribution in [0.1, 0.15) is 20.8 Å². The van der Waals surface area contributed by atoms with Crippen molar-refractivity contribution in [1.29, 1.82) is 5.26 Å². The van der Waals surface area contributed by atoms with Gasteiger partial charge in [0.15, 0.2) is 6.19 Å². The van der Waals surface area contributed by atoms with Crippen molar-refractivity contribution in [2.24, 2.45) is 0 Å². The van der Waals surface area contributed by atoms with Gasteiger partial charge in [0.2, 0.25) is 5.91 Å². The Labute approximate surface area is 73.2 Å². The quantitative estimate of drug-likeness (QED) is 0.478. The number of likely N-dealkylation sites (N-methyl/N-ethyl adjacent to an activating group) is 1. The lowest BCUT2D eigenvalue weighted by molar-refractivity contribution is -0.122. The van der Waals surface area contributed by atoms with Crippen LogP contribution in [-0.2, 0) is 4.79 Å². The van der Waals surface area contributed by atoms with Crippen LogP contribution in [0.15, 0.2) is 0 Å². The van der Waals surface area contributed by atoms with E-state index in [4.69, 9.17) is 5.26 Å². The minimum Gasteiger partial charge on any atom is -0.350 e. The molecule has 0 unspecified atom stereocenters. The van der Waals surface area contributed by atoms with Gasteiger partial charge in [0.25, 0.3) is 0 Å². The summed E-state index contributed by atoms with van der Waals surface area (Å²) in [6.45, 7) is 5.82. The molecular weight excluding hydrogens is 154 g/mol. The number of rotatable bonds is 2. The Bertz CT molecular complexity index is 199. The largest absolute Gasteiger partial charge is 0.350 e. The molecule has 0 aromatic carbocycles. The highest BCUT2D eigenvalue weighted by atomic mass is 16.2. The van der Waals surface area contributed by atoms with Crippen molar-refractivity contribution in [2.75, 3.05) is 13.6 Å². The van der Waals surface area contributed by atoms with Crippen LogP contribution in [0, 0.1) is 11.5 Å². The number of hydrogen-bond acceptors (Lipinski definition) is 3. The van der Waals surface area contributed by atoms with Gasteiger partial charge in [-0.15, -0.1) is 0 Å². The topological polar surface area (TPSA) is 56.1 Å². The van der Waals surface area contributed by atoms with Gasteiger partial charge < -0.3 is 10.2 Å². The number of nitriles is 1. The molecule has 0 heterocycles. The highest BCUT2D eigenvalue weighted by Gasteiger charge is 2.14. The molecule has 0 aliphatic rings. The Morgan fingerprint density at radius 2 is 2.08 bits per heavy atom. The number of nitrogens with one attached hydrogen (secondary N) is 1. The molecule has 0 aliphatic heterocycles. The molecule has 68 valence electrons. The van der Waals surface area contributed by atoms with Gasteiger partial charge in [0, 0.05) is 12.6 Å². The lowest BCUT2D eigenvalue weighted by atomic mass is 10.1. The van der Waals surface area contributed by atoms with Crippen LogP contribution in [0.25, 0.3) is 0 Å². The number of amides is 1. The fourth-order valence-corrected chi connectivity index (χ4v) is 0.709. The summed E-state index contributed by atoms with van der Waals surface area (Å²) in [6.07, 6.45) is 1.85. The van der Waals surface area contributed by atoms with Crippen LogP contribution < -0.4 is 5.32 Å². The molecule has 0 saturated heterocycles. The van der Waals surface area contributed by atoms with Crippen LogP contribution in [0.2, 0.25) is 0 Å². The molecule has 12 heavy (non-hydrogen) atoms. The van der Waals surface area contributed by atoms with E-state index in [1.807, 2.05) is 27.0 Å². The third-order valence-electron chi connectivity index (χ3n) is 1.07. The van der Waals surface area contributed by atoms with Gasteiger partial charge in [-0.25, -0.2) is 0 Å². The summed E-state index contributed by atoms with van der Waals surface area (Å²) in [6, 6.07) is 0. The zero-order valence-electron chi connectivity index (χ0n) is 8.01.